The Balaban J connectivity index is 2.53. The van der Waals surface area contributed by atoms with E-state index in [0.29, 0.717) is 11.7 Å². The molecule has 1 aliphatic carbocycles. The summed E-state index contributed by atoms with van der Waals surface area (Å²) < 4.78 is 6.26. The van der Waals surface area contributed by atoms with Gasteiger partial charge in [-0.2, -0.15) is 0 Å². The Labute approximate surface area is 132 Å². The molecule has 0 aromatic carbocycles. The van der Waals surface area contributed by atoms with E-state index in [-0.39, 0.29) is 5.92 Å². The topological polar surface area (TPSA) is 26.3 Å². The minimum Gasteiger partial charge on any atom is -0.413 e. The molecule has 0 radical (unpaired) electrons. The third-order valence-corrected chi connectivity index (χ3v) is 9.94. The summed E-state index contributed by atoms with van der Waals surface area (Å²) in [6, 6.07) is 3.61. The molecule has 0 aliphatic heterocycles. The van der Waals surface area contributed by atoms with Crippen molar-refractivity contribution in [3.63, 3.8) is 0 Å². The molecule has 21 heavy (non-hydrogen) atoms. The summed E-state index contributed by atoms with van der Waals surface area (Å²) in [6.45, 7) is 9.74. The number of hydrogen-bond acceptors (Lipinski definition) is 2. The van der Waals surface area contributed by atoms with Gasteiger partial charge in [0.2, 0.25) is 0 Å². The molecule has 0 amide bonds. The Morgan fingerprint density at radius 2 is 1.90 bits per heavy atom. The SMILES string of the molecule is CCCC(/C=C/CO[Si](CC)(CC)CC)C1CCCC1=O. The van der Waals surface area contributed by atoms with Crippen molar-refractivity contribution in [2.75, 3.05) is 6.61 Å². The van der Waals surface area contributed by atoms with Crippen molar-refractivity contribution in [2.24, 2.45) is 11.8 Å². The second-order valence-electron chi connectivity index (χ2n) is 6.40. The summed E-state index contributed by atoms with van der Waals surface area (Å²) in [4.78, 5) is 12.0. The zero-order valence-electron chi connectivity index (χ0n) is 14.5. The number of rotatable bonds is 10. The number of hydrogen-bond donors (Lipinski definition) is 0. The Bertz CT molecular complexity index is 326. The summed E-state index contributed by atoms with van der Waals surface area (Å²) >= 11 is 0. The number of carbonyl (C=O) groups is 1. The minimum absolute atomic E-state index is 0.284. The highest BCUT2D eigenvalue weighted by Gasteiger charge is 2.30. The average Bonchev–Trinajstić information content (AvgIpc) is 2.93. The number of carbonyl (C=O) groups excluding carboxylic acids is 1. The maximum Gasteiger partial charge on any atom is 0.192 e. The van der Waals surface area contributed by atoms with E-state index in [1.54, 1.807) is 0 Å². The van der Waals surface area contributed by atoms with Gasteiger partial charge in [0.15, 0.2) is 8.32 Å². The third-order valence-electron chi connectivity index (χ3n) is 5.29. The molecule has 0 aromatic heterocycles. The number of allylic oxidation sites excluding steroid dienone is 1. The monoisotopic (exact) mass is 310 g/mol. The van der Waals surface area contributed by atoms with Crippen molar-refractivity contribution in [3.05, 3.63) is 12.2 Å². The average molecular weight is 311 g/mol. The molecule has 1 fully saturated rings. The summed E-state index contributed by atoms with van der Waals surface area (Å²) in [5.74, 6) is 1.21. The van der Waals surface area contributed by atoms with E-state index < -0.39 is 8.32 Å². The third kappa shape index (κ3) is 5.37. The highest BCUT2D eigenvalue weighted by molar-refractivity contribution is 6.73. The van der Waals surface area contributed by atoms with Crippen molar-refractivity contribution >= 4 is 14.1 Å². The largest absolute Gasteiger partial charge is 0.413 e. The minimum atomic E-state index is -1.47. The van der Waals surface area contributed by atoms with Crippen LogP contribution in [0.1, 0.15) is 59.8 Å². The molecule has 0 saturated heterocycles. The van der Waals surface area contributed by atoms with Crippen LogP contribution in [-0.2, 0) is 9.22 Å². The molecule has 1 aliphatic rings. The van der Waals surface area contributed by atoms with Crippen molar-refractivity contribution in [1.82, 2.24) is 0 Å². The Kier molecular flexibility index (Phi) is 8.50. The van der Waals surface area contributed by atoms with Gasteiger partial charge in [-0.25, -0.2) is 0 Å². The van der Waals surface area contributed by atoms with Crippen LogP contribution in [0.25, 0.3) is 0 Å². The molecular weight excluding hydrogens is 276 g/mol. The van der Waals surface area contributed by atoms with Crippen molar-refractivity contribution in [1.29, 1.82) is 0 Å². The van der Waals surface area contributed by atoms with E-state index in [1.165, 1.54) is 18.1 Å². The molecule has 0 N–H and O–H groups in total. The maximum atomic E-state index is 12.0. The van der Waals surface area contributed by atoms with Crippen LogP contribution >= 0.6 is 0 Å². The molecule has 2 atom stereocenters. The first-order chi connectivity index (χ1) is 10.1. The molecule has 122 valence electrons. The van der Waals surface area contributed by atoms with Crippen LogP contribution in [0.2, 0.25) is 18.1 Å². The second kappa shape index (κ2) is 9.57. The Morgan fingerprint density at radius 3 is 2.38 bits per heavy atom. The van der Waals surface area contributed by atoms with Crippen molar-refractivity contribution < 1.29 is 9.22 Å². The molecule has 1 saturated carbocycles. The number of ketones is 1. The normalized spacial score (nSPS) is 21.3. The van der Waals surface area contributed by atoms with Crippen LogP contribution in [0.5, 0.6) is 0 Å². The summed E-state index contributed by atoms with van der Waals surface area (Å²) in [6.07, 6.45) is 9.72. The molecule has 0 aromatic rings. The predicted molar refractivity (Wildman–Crippen MR) is 93.0 cm³/mol. The van der Waals surface area contributed by atoms with Gasteiger partial charge in [0.1, 0.15) is 5.78 Å². The van der Waals surface area contributed by atoms with Gasteiger partial charge in [0, 0.05) is 12.3 Å². The Hall–Kier alpha value is -0.413. The van der Waals surface area contributed by atoms with Gasteiger partial charge in [-0.15, -0.1) is 0 Å². The number of Topliss-reactive ketones (excluding diaryl/α,β-unsaturated/α-hetero) is 1. The first-order valence-corrected chi connectivity index (χ1v) is 11.5. The van der Waals surface area contributed by atoms with Gasteiger partial charge in [-0.3, -0.25) is 4.79 Å². The van der Waals surface area contributed by atoms with E-state index in [2.05, 4.69) is 39.8 Å². The van der Waals surface area contributed by atoms with Crippen LogP contribution in [0, 0.1) is 11.8 Å². The predicted octanol–water partition coefficient (Wildman–Crippen LogP) is 5.35. The lowest BCUT2D eigenvalue weighted by atomic mass is 9.86. The smallest absolute Gasteiger partial charge is 0.192 e. The Morgan fingerprint density at radius 1 is 1.24 bits per heavy atom. The molecule has 0 bridgehead atoms. The fourth-order valence-electron chi connectivity index (χ4n) is 3.57. The van der Waals surface area contributed by atoms with Crippen molar-refractivity contribution in [3.8, 4) is 0 Å². The van der Waals surface area contributed by atoms with Gasteiger partial charge in [-0.1, -0.05) is 46.3 Å². The highest BCUT2D eigenvalue weighted by Crippen LogP contribution is 2.32. The van der Waals surface area contributed by atoms with E-state index in [0.717, 1.165) is 38.7 Å². The molecule has 3 heteroatoms. The van der Waals surface area contributed by atoms with Crippen LogP contribution in [0.15, 0.2) is 12.2 Å². The lowest BCUT2D eigenvalue weighted by Crippen LogP contribution is -2.35. The van der Waals surface area contributed by atoms with Gasteiger partial charge in [-0.05, 0) is 43.3 Å². The molecule has 2 unspecified atom stereocenters. The summed E-state index contributed by atoms with van der Waals surface area (Å²) in [5, 5.41) is 0. The van der Waals surface area contributed by atoms with E-state index in [9.17, 15) is 4.79 Å². The van der Waals surface area contributed by atoms with Gasteiger partial charge < -0.3 is 4.43 Å². The quantitative estimate of drug-likeness (QED) is 0.401. The molecule has 0 heterocycles. The molecular formula is C18H34O2Si. The summed E-state index contributed by atoms with van der Waals surface area (Å²) in [5.41, 5.74) is 0. The van der Waals surface area contributed by atoms with Gasteiger partial charge in [0.25, 0.3) is 0 Å². The van der Waals surface area contributed by atoms with Crippen LogP contribution in [0.3, 0.4) is 0 Å². The zero-order valence-corrected chi connectivity index (χ0v) is 15.5. The first-order valence-electron chi connectivity index (χ1n) is 8.95. The molecule has 2 nitrogen and oxygen atoms in total. The lowest BCUT2D eigenvalue weighted by molar-refractivity contribution is -0.121. The van der Waals surface area contributed by atoms with Crippen LogP contribution in [0.4, 0.5) is 0 Å². The van der Waals surface area contributed by atoms with E-state index in [1.807, 2.05) is 0 Å². The first kappa shape index (κ1) is 18.6. The maximum absolute atomic E-state index is 12.0. The second-order valence-corrected chi connectivity index (χ2v) is 11.2. The van der Waals surface area contributed by atoms with Crippen LogP contribution in [-0.4, -0.2) is 20.7 Å². The lowest BCUT2D eigenvalue weighted by Gasteiger charge is -2.27. The van der Waals surface area contributed by atoms with Crippen molar-refractivity contribution in [2.45, 2.75) is 77.9 Å². The van der Waals surface area contributed by atoms with Gasteiger partial charge in [0.05, 0.1) is 6.61 Å². The molecule has 1 rings (SSSR count). The van der Waals surface area contributed by atoms with E-state index in [4.69, 9.17) is 4.43 Å². The zero-order chi connectivity index (χ0) is 15.7. The highest BCUT2D eigenvalue weighted by atomic mass is 28.4. The van der Waals surface area contributed by atoms with E-state index >= 15 is 0 Å². The molecule has 0 spiro atoms. The summed E-state index contributed by atoms with van der Waals surface area (Å²) in [7, 11) is -1.47. The van der Waals surface area contributed by atoms with Crippen LogP contribution < -0.4 is 0 Å². The van der Waals surface area contributed by atoms with Gasteiger partial charge >= 0.3 is 0 Å². The fourth-order valence-corrected chi connectivity index (χ4v) is 6.13. The standard InChI is InChI=1S/C18H34O2Si/c1-5-11-16(17-13-9-14-18(17)19)12-10-15-20-21(6-2,7-3)8-4/h10,12,16-17H,5-9,11,13-15H2,1-4H3/b12-10+. The fraction of sp³-hybridized carbons (Fsp3) is 0.833.